The summed E-state index contributed by atoms with van der Waals surface area (Å²) in [4.78, 5) is 4.89. The second-order valence-electron chi connectivity index (χ2n) is 8.26. The van der Waals surface area contributed by atoms with Crippen molar-refractivity contribution < 1.29 is 13.2 Å². The number of aromatic nitrogens is 2. The minimum absolute atomic E-state index is 0.298. The minimum Gasteiger partial charge on any atom is -0.381 e. The zero-order valence-electron chi connectivity index (χ0n) is 17.7. The molecule has 28 heavy (non-hydrogen) atoms. The summed E-state index contributed by atoms with van der Waals surface area (Å²) in [6, 6.07) is 0.776. The van der Waals surface area contributed by atoms with Gasteiger partial charge in [0.2, 0.25) is 10.0 Å². The largest absolute Gasteiger partial charge is 0.381 e. The molecule has 0 aliphatic carbocycles. The maximum atomic E-state index is 12.0. The third kappa shape index (κ3) is 5.33. The Morgan fingerprint density at radius 2 is 1.93 bits per heavy atom. The van der Waals surface area contributed by atoms with E-state index in [4.69, 9.17) is 4.74 Å². The lowest BCUT2D eigenvalue weighted by Crippen LogP contribution is -2.49. The highest BCUT2D eigenvalue weighted by Crippen LogP contribution is 2.24. The van der Waals surface area contributed by atoms with E-state index in [9.17, 15) is 8.42 Å². The molecule has 3 rings (SSSR count). The van der Waals surface area contributed by atoms with Gasteiger partial charge < -0.3 is 9.64 Å². The summed E-state index contributed by atoms with van der Waals surface area (Å²) in [5.41, 5.74) is 2.46. The molecule has 0 aromatic carbocycles. The average Bonchev–Trinajstić information content (AvgIpc) is 3.26. The van der Waals surface area contributed by atoms with Gasteiger partial charge in [0.1, 0.15) is 0 Å². The van der Waals surface area contributed by atoms with Crippen LogP contribution in [-0.4, -0.2) is 97.1 Å². The second-order valence-corrected chi connectivity index (χ2v) is 10.2. The molecule has 0 saturated carbocycles. The highest BCUT2D eigenvalue weighted by Gasteiger charge is 2.35. The molecule has 0 bridgehead atoms. The van der Waals surface area contributed by atoms with Gasteiger partial charge in [-0.1, -0.05) is 0 Å². The molecule has 2 aliphatic heterocycles. The molecule has 1 aromatic rings. The summed E-state index contributed by atoms with van der Waals surface area (Å²) in [6.45, 7) is 7.71. The summed E-state index contributed by atoms with van der Waals surface area (Å²) in [5.74, 6) is 0. The van der Waals surface area contributed by atoms with E-state index in [0.29, 0.717) is 25.2 Å². The van der Waals surface area contributed by atoms with E-state index in [1.54, 1.807) is 4.31 Å². The van der Waals surface area contributed by atoms with Crippen LogP contribution in [0.3, 0.4) is 0 Å². The van der Waals surface area contributed by atoms with Crippen LogP contribution in [0.15, 0.2) is 6.20 Å². The first-order valence-corrected chi connectivity index (χ1v) is 12.0. The van der Waals surface area contributed by atoms with Crippen molar-refractivity contribution in [3.8, 4) is 0 Å². The summed E-state index contributed by atoms with van der Waals surface area (Å²) in [5, 5.41) is 4.34. The van der Waals surface area contributed by atoms with Crippen molar-refractivity contribution in [3.05, 3.63) is 17.5 Å². The van der Waals surface area contributed by atoms with Crippen molar-refractivity contribution >= 4 is 10.0 Å². The number of hydrogen-bond donors (Lipinski definition) is 0. The normalized spacial score (nSPS) is 22.6. The van der Waals surface area contributed by atoms with Gasteiger partial charge in [0, 0.05) is 76.3 Å². The molecule has 2 aliphatic rings. The second kappa shape index (κ2) is 9.21. The Hall–Kier alpha value is -1.00. The molecule has 1 atom stereocenters. The van der Waals surface area contributed by atoms with E-state index in [0.717, 1.165) is 52.1 Å². The number of ether oxygens (including phenoxy) is 1. The number of nitrogens with zero attached hydrogens (tertiary/aromatic N) is 5. The van der Waals surface area contributed by atoms with Gasteiger partial charge in [-0.25, -0.2) is 12.7 Å². The van der Waals surface area contributed by atoms with E-state index in [1.807, 2.05) is 17.9 Å². The summed E-state index contributed by atoms with van der Waals surface area (Å²) < 4.78 is 33.0. The smallest absolute Gasteiger partial charge is 0.211 e. The third-order valence-electron chi connectivity index (χ3n) is 6.24. The average molecular weight is 414 g/mol. The zero-order valence-corrected chi connectivity index (χ0v) is 18.5. The number of aryl methyl sites for hydroxylation is 1. The van der Waals surface area contributed by atoms with Gasteiger partial charge in [-0.05, 0) is 33.2 Å². The van der Waals surface area contributed by atoms with Crippen LogP contribution in [-0.2, 0) is 28.4 Å². The van der Waals surface area contributed by atoms with E-state index >= 15 is 0 Å². The molecule has 2 fully saturated rings. The lowest BCUT2D eigenvalue weighted by molar-refractivity contribution is 0.0156. The highest BCUT2D eigenvalue weighted by molar-refractivity contribution is 7.88. The van der Waals surface area contributed by atoms with E-state index in [1.165, 1.54) is 17.5 Å². The number of rotatable bonds is 8. The van der Waals surface area contributed by atoms with Crippen LogP contribution < -0.4 is 0 Å². The maximum absolute atomic E-state index is 12.0. The lowest BCUT2D eigenvalue weighted by atomic mass is 10.0. The standard InChI is InChI=1S/C19H35N5O3S/c1-16-17(13-20-22(16)3)14-21(2)9-10-24(18-6-11-27-12-7-18)19-5-8-23(15-19)28(4,25)26/h13,18-19H,5-12,14-15H2,1-4H3. The highest BCUT2D eigenvalue weighted by atomic mass is 32.2. The van der Waals surface area contributed by atoms with Gasteiger partial charge >= 0.3 is 0 Å². The Kier molecular flexibility index (Phi) is 7.14. The predicted octanol–water partition coefficient (Wildman–Crippen LogP) is 0.675. The van der Waals surface area contributed by atoms with Crippen LogP contribution in [0, 0.1) is 6.92 Å². The van der Waals surface area contributed by atoms with Crippen molar-refractivity contribution in [3.63, 3.8) is 0 Å². The quantitative estimate of drug-likeness (QED) is 0.624. The van der Waals surface area contributed by atoms with Gasteiger partial charge in [0.15, 0.2) is 0 Å². The molecule has 0 N–H and O–H groups in total. The monoisotopic (exact) mass is 413 g/mol. The Labute approximate surface area is 169 Å². The van der Waals surface area contributed by atoms with Gasteiger partial charge in [-0.15, -0.1) is 0 Å². The Morgan fingerprint density at radius 3 is 2.50 bits per heavy atom. The molecular weight excluding hydrogens is 378 g/mol. The Balaban J connectivity index is 1.61. The molecular formula is C19H35N5O3S. The number of sulfonamides is 1. The summed E-state index contributed by atoms with van der Waals surface area (Å²) >= 11 is 0. The Bertz CT molecular complexity index is 745. The number of likely N-dealkylation sites (N-methyl/N-ethyl adjacent to an activating group) is 1. The van der Waals surface area contributed by atoms with Crippen LogP contribution in [0.4, 0.5) is 0 Å². The topological polar surface area (TPSA) is 70.9 Å². The van der Waals surface area contributed by atoms with Crippen molar-refractivity contribution in [2.75, 3.05) is 52.7 Å². The zero-order chi connectivity index (χ0) is 20.3. The van der Waals surface area contributed by atoms with E-state index in [2.05, 4.69) is 28.9 Å². The molecule has 1 unspecified atom stereocenters. The van der Waals surface area contributed by atoms with E-state index in [-0.39, 0.29) is 0 Å². The van der Waals surface area contributed by atoms with Crippen molar-refractivity contribution in [2.24, 2.45) is 7.05 Å². The molecule has 1 aromatic heterocycles. The molecule has 0 spiro atoms. The molecule has 9 heteroatoms. The van der Waals surface area contributed by atoms with Gasteiger partial charge in [0.25, 0.3) is 0 Å². The van der Waals surface area contributed by atoms with Crippen molar-refractivity contribution in [1.82, 2.24) is 23.9 Å². The maximum Gasteiger partial charge on any atom is 0.211 e. The fourth-order valence-electron chi connectivity index (χ4n) is 4.32. The lowest BCUT2D eigenvalue weighted by Gasteiger charge is -2.39. The van der Waals surface area contributed by atoms with Crippen LogP contribution >= 0.6 is 0 Å². The predicted molar refractivity (Wildman–Crippen MR) is 110 cm³/mol. The summed E-state index contributed by atoms with van der Waals surface area (Å²) in [7, 11) is 1.00. The fourth-order valence-corrected chi connectivity index (χ4v) is 5.20. The first kappa shape index (κ1) is 21.7. The third-order valence-corrected chi connectivity index (χ3v) is 7.51. The summed E-state index contributed by atoms with van der Waals surface area (Å²) in [6.07, 6.45) is 6.23. The minimum atomic E-state index is -3.11. The first-order valence-electron chi connectivity index (χ1n) is 10.2. The van der Waals surface area contributed by atoms with Crippen molar-refractivity contribution in [1.29, 1.82) is 0 Å². The van der Waals surface area contributed by atoms with Crippen molar-refractivity contribution in [2.45, 2.75) is 44.8 Å². The molecule has 2 saturated heterocycles. The van der Waals surface area contributed by atoms with Crippen LogP contribution in [0.5, 0.6) is 0 Å². The van der Waals surface area contributed by atoms with E-state index < -0.39 is 10.0 Å². The molecule has 3 heterocycles. The first-order chi connectivity index (χ1) is 13.3. The molecule has 0 radical (unpaired) electrons. The SMILES string of the molecule is Cc1c(CN(C)CCN(C2CCOCC2)C2CCN(S(C)(=O)=O)C2)cnn1C. The number of hydrogen-bond acceptors (Lipinski definition) is 6. The van der Waals surface area contributed by atoms with Gasteiger partial charge in [0.05, 0.1) is 12.5 Å². The van der Waals surface area contributed by atoms with Gasteiger partial charge in [-0.3, -0.25) is 9.58 Å². The van der Waals surface area contributed by atoms with Crippen LogP contribution in [0.2, 0.25) is 0 Å². The molecule has 160 valence electrons. The van der Waals surface area contributed by atoms with Crippen LogP contribution in [0.25, 0.3) is 0 Å². The fraction of sp³-hybridized carbons (Fsp3) is 0.842. The Morgan fingerprint density at radius 1 is 1.21 bits per heavy atom. The molecule has 0 amide bonds. The van der Waals surface area contributed by atoms with Crippen LogP contribution in [0.1, 0.15) is 30.5 Å². The molecule has 8 nitrogen and oxygen atoms in total. The van der Waals surface area contributed by atoms with Gasteiger partial charge in [-0.2, -0.15) is 5.10 Å².